The number of anilines is 1. The number of hydrogen-bond donors (Lipinski definition) is 2. The molecule has 0 fully saturated rings. The number of carbonyl (C=O) groups excluding carboxylic acids is 1. The zero-order chi connectivity index (χ0) is 11.3. The lowest BCUT2D eigenvalue weighted by Crippen LogP contribution is -2.18. The highest BCUT2D eigenvalue weighted by Gasteiger charge is 2.04. The molecule has 0 spiro atoms. The van der Waals surface area contributed by atoms with Gasteiger partial charge in [0.05, 0.1) is 4.47 Å². The van der Waals surface area contributed by atoms with E-state index in [-0.39, 0.29) is 11.7 Å². The van der Waals surface area contributed by atoms with E-state index in [1.165, 1.54) is 18.2 Å². The lowest BCUT2D eigenvalue weighted by atomic mass is 10.3. The van der Waals surface area contributed by atoms with Gasteiger partial charge >= 0.3 is 0 Å². The smallest absolute Gasteiger partial charge is 0.225 e. The van der Waals surface area contributed by atoms with Crippen LogP contribution in [0.2, 0.25) is 0 Å². The molecule has 0 saturated heterocycles. The molecule has 5 heteroatoms. The summed E-state index contributed by atoms with van der Waals surface area (Å²) in [6.45, 7) is 0.619. The van der Waals surface area contributed by atoms with Crippen LogP contribution in [-0.2, 0) is 4.79 Å². The molecule has 0 unspecified atom stereocenters. The summed E-state index contributed by atoms with van der Waals surface area (Å²) in [6, 6.07) is 4.36. The van der Waals surface area contributed by atoms with Crippen LogP contribution in [0.3, 0.4) is 0 Å². The molecule has 82 valence electrons. The summed E-state index contributed by atoms with van der Waals surface area (Å²) >= 11 is 3.05. The van der Waals surface area contributed by atoms with E-state index in [0.29, 0.717) is 23.1 Å². The Hall–Kier alpha value is -0.940. The SMILES string of the molecule is CNCCC(=O)Nc1ccc(F)c(Br)c1. The van der Waals surface area contributed by atoms with E-state index < -0.39 is 0 Å². The zero-order valence-corrected chi connectivity index (χ0v) is 9.90. The molecule has 0 aliphatic heterocycles. The minimum absolute atomic E-state index is 0.0946. The maximum Gasteiger partial charge on any atom is 0.225 e. The highest BCUT2D eigenvalue weighted by molar-refractivity contribution is 9.10. The predicted octanol–water partition coefficient (Wildman–Crippen LogP) is 2.14. The van der Waals surface area contributed by atoms with Gasteiger partial charge in [-0.3, -0.25) is 4.79 Å². The second-order valence-electron chi connectivity index (χ2n) is 3.03. The molecule has 1 amide bonds. The molecule has 0 aromatic heterocycles. The van der Waals surface area contributed by atoms with Gasteiger partial charge in [-0.15, -0.1) is 0 Å². The highest BCUT2D eigenvalue weighted by Crippen LogP contribution is 2.19. The van der Waals surface area contributed by atoms with E-state index in [1.54, 1.807) is 7.05 Å². The Balaban J connectivity index is 2.57. The van der Waals surface area contributed by atoms with Crippen molar-refractivity contribution in [3.05, 3.63) is 28.5 Å². The van der Waals surface area contributed by atoms with Crippen LogP contribution >= 0.6 is 15.9 Å². The van der Waals surface area contributed by atoms with Gasteiger partial charge in [-0.1, -0.05) is 0 Å². The number of benzene rings is 1. The van der Waals surface area contributed by atoms with Gasteiger partial charge in [0.1, 0.15) is 5.82 Å². The predicted molar refractivity (Wildman–Crippen MR) is 61.3 cm³/mol. The van der Waals surface area contributed by atoms with Crippen LogP contribution < -0.4 is 10.6 Å². The van der Waals surface area contributed by atoms with Crippen molar-refractivity contribution in [2.24, 2.45) is 0 Å². The first-order valence-corrected chi connectivity index (χ1v) is 5.32. The summed E-state index contributed by atoms with van der Waals surface area (Å²) in [5.41, 5.74) is 0.587. The van der Waals surface area contributed by atoms with Crippen LogP contribution in [0, 0.1) is 5.82 Å². The van der Waals surface area contributed by atoms with Crippen molar-refractivity contribution in [1.82, 2.24) is 5.32 Å². The molecule has 1 rings (SSSR count). The average molecular weight is 275 g/mol. The van der Waals surface area contributed by atoms with E-state index in [2.05, 4.69) is 26.6 Å². The van der Waals surface area contributed by atoms with Gasteiger partial charge in [0.2, 0.25) is 5.91 Å². The first-order chi connectivity index (χ1) is 7.13. The third-order valence-corrected chi connectivity index (χ3v) is 2.41. The molecule has 0 heterocycles. The Morgan fingerprint density at radius 1 is 1.53 bits per heavy atom. The van der Waals surface area contributed by atoms with E-state index in [4.69, 9.17) is 0 Å². The summed E-state index contributed by atoms with van der Waals surface area (Å²) < 4.78 is 13.2. The highest BCUT2D eigenvalue weighted by atomic mass is 79.9. The Labute approximate surface area is 96.2 Å². The molecule has 0 bridgehead atoms. The van der Waals surface area contributed by atoms with Crippen molar-refractivity contribution >= 4 is 27.5 Å². The number of carbonyl (C=O) groups is 1. The molecule has 1 aromatic carbocycles. The third-order valence-electron chi connectivity index (χ3n) is 1.81. The third kappa shape index (κ3) is 3.97. The summed E-state index contributed by atoms with van der Waals surface area (Å²) in [5.74, 6) is -0.439. The van der Waals surface area contributed by atoms with Crippen molar-refractivity contribution in [3.8, 4) is 0 Å². The van der Waals surface area contributed by atoms with Crippen molar-refractivity contribution in [2.45, 2.75) is 6.42 Å². The van der Waals surface area contributed by atoms with Crippen molar-refractivity contribution < 1.29 is 9.18 Å². The molecule has 0 radical (unpaired) electrons. The fraction of sp³-hybridized carbons (Fsp3) is 0.300. The van der Waals surface area contributed by atoms with Crippen LogP contribution in [0.25, 0.3) is 0 Å². The average Bonchev–Trinajstić information content (AvgIpc) is 2.20. The second kappa shape index (κ2) is 5.82. The first kappa shape index (κ1) is 12.1. The molecule has 0 atom stereocenters. The maximum absolute atomic E-state index is 12.9. The molecule has 15 heavy (non-hydrogen) atoms. The largest absolute Gasteiger partial charge is 0.326 e. The van der Waals surface area contributed by atoms with Crippen LogP contribution in [-0.4, -0.2) is 19.5 Å². The molecular formula is C10H12BrFN2O. The van der Waals surface area contributed by atoms with Crippen LogP contribution in [0.1, 0.15) is 6.42 Å². The van der Waals surface area contributed by atoms with Crippen LogP contribution in [0.15, 0.2) is 22.7 Å². The summed E-state index contributed by atoms with van der Waals surface area (Å²) in [7, 11) is 1.78. The number of rotatable bonds is 4. The van der Waals surface area contributed by atoms with Gasteiger partial charge in [-0.2, -0.15) is 0 Å². The van der Waals surface area contributed by atoms with Gasteiger partial charge in [-0.05, 0) is 41.2 Å². The molecule has 0 aliphatic rings. The number of hydrogen-bond acceptors (Lipinski definition) is 2. The van der Waals surface area contributed by atoms with Crippen molar-refractivity contribution in [1.29, 1.82) is 0 Å². The fourth-order valence-electron chi connectivity index (χ4n) is 1.04. The van der Waals surface area contributed by atoms with E-state index in [9.17, 15) is 9.18 Å². The molecule has 0 aliphatic carbocycles. The minimum atomic E-state index is -0.344. The minimum Gasteiger partial charge on any atom is -0.326 e. The van der Waals surface area contributed by atoms with Crippen molar-refractivity contribution in [2.75, 3.05) is 18.9 Å². The van der Waals surface area contributed by atoms with Gasteiger partial charge < -0.3 is 10.6 Å². The summed E-state index contributed by atoms with van der Waals surface area (Å²) in [5, 5.41) is 5.54. The van der Waals surface area contributed by atoms with Gasteiger partial charge in [0.25, 0.3) is 0 Å². The molecule has 0 saturated carbocycles. The van der Waals surface area contributed by atoms with Crippen molar-refractivity contribution in [3.63, 3.8) is 0 Å². The zero-order valence-electron chi connectivity index (χ0n) is 8.31. The molecular weight excluding hydrogens is 263 g/mol. The standard InChI is InChI=1S/C10H12BrFN2O/c1-13-5-4-10(15)14-7-2-3-9(12)8(11)6-7/h2-3,6,13H,4-5H2,1H3,(H,14,15). The van der Waals surface area contributed by atoms with Gasteiger partial charge in [-0.25, -0.2) is 4.39 Å². The number of halogens is 2. The van der Waals surface area contributed by atoms with Crippen LogP contribution in [0.5, 0.6) is 0 Å². The number of amides is 1. The normalized spacial score (nSPS) is 10.1. The Kier molecular flexibility index (Phi) is 4.71. The molecule has 1 aromatic rings. The maximum atomic E-state index is 12.9. The number of nitrogens with one attached hydrogen (secondary N) is 2. The quantitative estimate of drug-likeness (QED) is 0.883. The van der Waals surface area contributed by atoms with E-state index in [1.807, 2.05) is 0 Å². The lowest BCUT2D eigenvalue weighted by Gasteiger charge is -2.05. The molecule has 3 nitrogen and oxygen atoms in total. The molecule has 2 N–H and O–H groups in total. The second-order valence-corrected chi connectivity index (χ2v) is 3.88. The lowest BCUT2D eigenvalue weighted by molar-refractivity contribution is -0.116. The van der Waals surface area contributed by atoms with Crippen LogP contribution in [0.4, 0.5) is 10.1 Å². The van der Waals surface area contributed by atoms with Gasteiger partial charge in [0, 0.05) is 18.7 Å². The topological polar surface area (TPSA) is 41.1 Å². The van der Waals surface area contributed by atoms with Gasteiger partial charge in [0.15, 0.2) is 0 Å². The monoisotopic (exact) mass is 274 g/mol. The Bertz CT molecular complexity index is 357. The van der Waals surface area contributed by atoms with E-state index >= 15 is 0 Å². The Morgan fingerprint density at radius 3 is 2.87 bits per heavy atom. The van der Waals surface area contributed by atoms with E-state index in [0.717, 1.165) is 0 Å². The summed E-state index contributed by atoms with van der Waals surface area (Å²) in [4.78, 5) is 11.3. The Morgan fingerprint density at radius 2 is 2.27 bits per heavy atom. The fourth-order valence-corrected chi connectivity index (χ4v) is 1.41. The summed E-state index contributed by atoms with van der Waals surface area (Å²) in [6.07, 6.45) is 0.394. The first-order valence-electron chi connectivity index (χ1n) is 4.53.